The van der Waals surface area contributed by atoms with Gasteiger partial charge in [0.05, 0.1) is 35.6 Å². The first kappa shape index (κ1) is 25.7. The zero-order chi connectivity index (χ0) is 26.9. The molecule has 0 radical (unpaired) electrons. The summed E-state index contributed by atoms with van der Waals surface area (Å²) in [7, 11) is 1.76. The van der Waals surface area contributed by atoms with Crippen molar-refractivity contribution in [2.75, 3.05) is 5.32 Å². The number of aryl methyl sites for hydroxylation is 2. The second kappa shape index (κ2) is 10.5. The fraction of sp³-hybridized carbons (Fsp3) is 0.520. The Kier molecular flexibility index (Phi) is 7.09. The van der Waals surface area contributed by atoms with Gasteiger partial charge in [-0.25, -0.2) is 23.4 Å². The number of aliphatic carboxylic acids is 1. The molecule has 11 nitrogen and oxygen atoms in total. The standard InChI is InChI=1S/C25H29F2N7O4/c1-14-20(37-16-5-3-4-15(10-16)23(35)36)7-6-18(30-14)22-19(34(2)33-32-22)13-29-24-28-9-8-21(31-24)38-17-11-25(26,27)12-17/h6-9,15-17H,3-5,10-13H2,1-2H3,(H,35,36)(H,28,29,31)/t15-,16-/m0/s1. The van der Waals surface area contributed by atoms with E-state index in [0.717, 1.165) is 18.5 Å². The summed E-state index contributed by atoms with van der Waals surface area (Å²) in [5, 5.41) is 20.8. The largest absolute Gasteiger partial charge is 0.489 e. The SMILES string of the molecule is Cc1nc(-c2nnn(C)c2CNc2nccc(OC3CC(F)(F)C3)n2)ccc1O[C@H]1CCC[C@H](C(=O)O)C1. The van der Waals surface area contributed by atoms with E-state index in [4.69, 9.17) is 9.47 Å². The van der Waals surface area contributed by atoms with Crippen molar-refractivity contribution in [3.05, 3.63) is 35.8 Å². The maximum atomic E-state index is 13.1. The van der Waals surface area contributed by atoms with E-state index in [0.29, 0.717) is 35.7 Å². The second-order valence-electron chi connectivity index (χ2n) is 9.81. The van der Waals surface area contributed by atoms with E-state index in [1.54, 1.807) is 17.8 Å². The van der Waals surface area contributed by atoms with Crippen LogP contribution in [0, 0.1) is 12.8 Å². The van der Waals surface area contributed by atoms with E-state index in [2.05, 4.69) is 30.6 Å². The third-order valence-corrected chi connectivity index (χ3v) is 6.88. The Morgan fingerprint density at radius 1 is 1.18 bits per heavy atom. The van der Waals surface area contributed by atoms with Gasteiger partial charge in [-0.15, -0.1) is 5.10 Å². The molecular formula is C25H29F2N7O4. The number of ether oxygens (including phenoxy) is 2. The van der Waals surface area contributed by atoms with E-state index in [1.807, 2.05) is 13.0 Å². The average molecular weight is 530 g/mol. The highest BCUT2D eigenvalue weighted by Crippen LogP contribution is 2.39. The van der Waals surface area contributed by atoms with Crippen molar-refractivity contribution in [2.45, 2.75) is 70.1 Å². The first-order valence-electron chi connectivity index (χ1n) is 12.5. The number of carbonyl (C=O) groups is 1. The minimum Gasteiger partial charge on any atom is -0.489 e. The molecule has 2 aliphatic rings. The molecule has 3 aromatic rings. The summed E-state index contributed by atoms with van der Waals surface area (Å²) in [6, 6.07) is 5.15. The molecular weight excluding hydrogens is 500 g/mol. The predicted octanol–water partition coefficient (Wildman–Crippen LogP) is 3.79. The molecule has 3 heterocycles. The van der Waals surface area contributed by atoms with Gasteiger partial charge in [-0.3, -0.25) is 4.79 Å². The van der Waals surface area contributed by atoms with Gasteiger partial charge in [-0.05, 0) is 44.7 Å². The van der Waals surface area contributed by atoms with E-state index in [-0.39, 0.29) is 43.2 Å². The topological polar surface area (TPSA) is 137 Å². The van der Waals surface area contributed by atoms with Crippen LogP contribution in [-0.2, 0) is 18.4 Å². The zero-order valence-electron chi connectivity index (χ0n) is 21.1. The van der Waals surface area contributed by atoms with E-state index in [1.165, 1.54) is 12.3 Å². The number of aromatic nitrogens is 6. The molecule has 0 aromatic carbocycles. The average Bonchev–Trinajstić information content (AvgIpc) is 3.23. The summed E-state index contributed by atoms with van der Waals surface area (Å²) < 4.78 is 39.4. The lowest BCUT2D eigenvalue weighted by Crippen LogP contribution is -2.43. The van der Waals surface area contributed by atoms with Crippen LogP contribution in [0.15, 0.2) is 24.4 Å². The van der Waals surface area contributed by atoms with Gasteiger partial charge in [0.1, 0.15) is 17.5 Å². The van der Waals surface area contributed by atoms with Crippen molar-refractivity contribution in [3.63, 3.8) is 0 Å². The van der Waals surface area contributed by atoms with Crippen LogP contribution in [0.5, 0.6) is 11.6 Å². The lowest BCUT2D eigenvalue weighted by molar-refractivity contribution is -0.143. The van der Waals surface area contributed by atoms with Crippen molar-refractivity contribution in [1.82, 2.24) is 29.9 Å². The fourth-order valence-electron chi connectivity index (χ4n) is 4.75. The highest BCUT2D eigenvalue weighted by atomic mass is 19.3. The van der Waals surface area contributed by atoms with Crippen molar-refractivity contribution in [3.8, 4) is 23.0 Å². The molecule has 2 fully saturated rings. The van der Waals surface area contributed by atoms with Gasteiger partial charge in [-0.1, -0.05) is 5.21 Å². The Bertz CT molecular complexity index is 1310. The molecule has 0 aliphatic heterocycles. The third-order valence-electron chi connectivity index (χ3n) is 6.88. The number of alkyl halides is 2. The number of rotatable bonds is 9. The Balaban J connectivity index is 1.24. The predicted molar refractivity (Wildman–Crippen MR) is 131 cm³/mol. The normalized spacial score (nSPS) is 20.9. The molecule has 2 saturated carbocycles. The lowest BCUT2D eigenvalue weighted by Gasteiger charge is -2.34. The lowest BCUT2D eigenvalue weighted by atomic mass is 9.87. The van der Waals surface area contributed by atoms with Crippen LogP contribution in [0.1, 0.15) is 49.9 Å². The van der Waals surface area contributed by atoms with Gasteiger partial charge in [0, 0.05) is 32.2 Å². The summed E-state index contributed by atoms with van der Waals surface area (Å²) in [6.07, 6.45) is 2.94. The summed E-state index contributed by atoms with van der Waals surface area (Å²) in [6.45, 7) is 2.11. The number of hydrogen-bond acceptors (Lipinski definition) is 9. The molecule has 2 atom stereocenters. The molecule has 202 valence electrons. The third kappa shape index (κ3) is 5.81. The number of carboxylic acid groups (broad SMARTS) is 1. The number of halogens is 2. The number of anilines is 1. The fourth-order valence-corrected chi connectivity index (χ4v) is 4.75. The van der Waals surface area contributed by atoms with Crippen LogP contribution in [0.3, 0.4) is 0 Å². The number of nitrogens with zero attached hydrogens (tertiary/aromatic N) is 6. The van der Waals surface area contributed by atoms with Crippen LogP contribution in [0.2, 0.25) is 0 Å². The van der Waals surface area contributed by atoms with Crippen LogP contribution in [0.25, 0.3) is 11.4 Å². The molecule has 13 heteroatoms. The number of nitrogens with one attached hydrogen (secondary N) is 1. The zero-order valence-corrected chi connectivity index (χ0v) is 21.1. The summed E-state index contributed by atoms with van der Waals surface area (Å²) in [5.74, 6) is -2.71. The molecule has 0 bridgehead atoms. The van der Waals surface area contributed by atoms with Crippen molar-refractivity contribution >= 4 is 11.9 Å². The van der Waals surface area contributed by atoms with E-state index >= 15 is 0 Å². The van der Waals surface area contributed by atoms with Crippen LogP contribution in [0.4, 0.5) is 14.7 Å². The van der Waals surface area contributed by atoms with Crippen molar-refractivity contribution < 1.29 is 28.2 Å². The molecule has 3 aromatic heterocycles. The van der Waals surface area contributed by atoms with Gasteiger partial charge in [0.2, 0.25) is 11.8 Å². The maximum Gasteiger partial charge on any atom is 0.306 e. The molecule has 5 rings (SSSR count). The quantitative estimate of drug-likeness (QED) is 0.421. The smallest absolute Gasteiger partial charge is 0.306 e. The molecule has 0 unspecified atom stereocenters. The van der Waals surface area contributed by atoms with E-state index in [9.17, 15) is 18.7 Å². The molecule has 38 heavy (non-hydrogen) atoms. The van der Waals surface area contributed by atoms with Crippen LogP contribution in [-0.4, -0.2) is 59.2 Å². The molecule has 2 N–H and O–H groups in total. The summed E-state index contributed by atoms with van der Waals surface area (Å²) in [4.78, 5) is 24.5. The van der Waals surface area contributed by atoms with Crippen molar-refractivity contribution in [1.29, 1.82) is 0 Å². The Labute approximate surface area is 217 Å². The van der Waals surface area contributed by atoms with Gasteiger partial charge in [0.25, 0.3) is 5.92 Å². The monoisotopic (exact) mass is 529 g/mol. The first-order valence-corrected chi connectivity index (χ1v) is 12.5. The highest BCUT2D eigenvalue weighted by molar-refractivity contribution is 5.70. The van der Waals surface area contributed by atoms with Gasteiger partial charge in [0.15, 0.2) is 0 Å². The number of hydrogen-bond donors (Lipinski definition) is 2. The minimum atomic E-state index is -2.67. The summed E-state index contributed by atoms with van der Waals surface area (Å²) in [5.41, 5.74) is 2.58. The van der Waals surface area contributed by atoms with Crippen molar-refractivity contribution in [2.24, 2.45) is 13.0 Å². The maximum absolute atomic E-state index is 13.1. The van der Waals surface area contributed by atoms with Gasteiger partial charge < -0.3 is 19.9 Å². The Hall–Kier alpha value is -3.90. The van der Waals surface area contributed by atoms with Gasteiger partial charge >= 0.3 is 5.97 Å². The Morgan fingerprint density at radius 3 is 2.74 bits per heavy atom. The Morgan fingerprint density at radius 2 is 2.00 bits per heavy atom. The molecule has 0 saturated heterocycles. The molecule has 0 spiro atoms. The van der Waals surface area contributed by atoms with E-state index < -0.39 is 18.0 Å². The second-order valence-corrected chi connectivity index (χ2v) is 9.81. The molecule has 2 aliphatic carbocycles. The summed E-state index contributed by atoms with van der Waals surface area (Å²) >= 11 is 0. The molecule has 0 amide bonds. The van der Waals surface area contributed by atoms with Gasteiger partial charge in [-0.2, -0.15) is 4.98 Å². The number of carboxylic acids is 1. The number of pyridine rings is 1. The van der Waals surface area contributed by atoms with Crippen LogP contribution < -0.4 is 14.8 Å². The first-order chi connectivity index (χ1) is 18.2. The highest BCUT2D eigenvalue weighted by Gasteiger charge is 2.47. The van der Waals surface area contributed by atoms with Crippen LogP contribution >= 0.6 is 0 Å². The minimum absolute atomic E-state index is 0.159.